The number of β-lactam (4-membered cyclic amide) rings is 1. The summed E-state index contributed by atoms with van der Waals surface area (Å²) >= 11 is 0. The van der Waals surface area contributed by atoms with Gasteiger partial charge in [0.25, 0.3) is 5.91 Å². The van der Waals surface area contributed by atoms with Crippen molar-refractivity contribution in [1.82, 2.24) is 10.2 Å². The minimum absolute atomic E-state index is 0.0408. The van der Waals surface area contributed by atoms with Crippen molar-refractivity contribution in [3.05, 3.63) is 11.3 Å². The van der Waals surface area contributed by atoms with Gasteiger partial charge in [0.1, 0.15) is 11.3 Å². The molecule has 1 fully saturated rings. The van der Waals surface area contributed by atoms with Gasteiger partial charge >= 0.3 is 18.0 Å². The second kappa shape index (κ2) is 7.54. The highest BCUT2D eigenvalue weighted by atomic mass is 16.6. The zero-order valence-electron chi connectivity index (χ0n) is 15.5. The first-order chi connectivity index (χ1) is 11.4. The number of hydrogen-bond acceptors (Lipinski definition) is 7. The molecule has 140 valence electrons. The van der Waals surface area contributed by atoms with Crippen molar-refractivity contribution in [1.29, 1.82) is 0 Å². The van der Waals surface area contributed by atoms with E-state index in [-0.39, 0.29) is 5.70 Å². The second-order valence-electron chi connectivity index (χ2n) is 6.67. The summed E-state index contributed by atoms with van der Waals surface area (Å²) in [6.45, 7) is 9.39. The molecule has 1 saturated heterocycles. The number of amides is 2. The second-order valence-corrected chi connectivity index (χ2v) is 6.67. The van der Waals surface area contributed by atoms with Gasteiger partial charge in [-0.1, -0.05) is 0 Å². The van der Waals surface area contributed by atoms with E-state index in [9.17, 15) is 19.2 Å². The maximum Gasteiger partial charge on any atom is 0.408 e. The summed E-state index contributed by atoms with van der Waals surface area (Å²) in [6.07, 6.45) is -2.00. The number of allylic oxidation sites excluding steroid dienone is 1. The number of alkyl carbamates (subject to hydrolysis) is 1. The van der Waals surface area contributed by atoms with Crippen LogP contribution in [0.3, 0.4) is 0 Å². The van der Waals surface area contributed by atoms with Gasteiger partial charge in [-0.15, -0.1) is 0 Å². The van der Waals surface area contributed by atoms with E-state index in [2.05, 4.69) is 10.1 Å². The molecular weight excluding hydrogens is 332 g/mol. The Morgan fingerprint density at radius 3 is 2.08 bits per heavy atom. The summed E-state index contributed by atoms with van der Waals surface area (Å²) in [7, 11) is 1.17. The van der Waals surface area contributed by atoms with E-state index < -0.39 is 41.8 Å². The maximum absolute atomic E-state index is 12.4. The van der Waals surface area contributed by atoms with Gasteiger partial charge in [0.15, 0.2) is 6.04 Å². The fraction of sp³-hybridized carbons (Fsp3) is 0.625. The number of rotatable bonds is 4. The first kappa shape index (κ1) is 20.5. The summed E-state index contributed by atoms with van der Waals surface area (Å²) in [5.41, 5.74) is -0.307. The highest BCUT2D eigenvalue weighted by Crippen LogP contribution is 2.29. The largest absolute Gasteiger partial charge is 0.464 e. The van der Waals surface area contributed by atoms with Gasteiger partial charge in [-0.05, 0) is 40.2 Å². The first-order valence-corrected chi connectivity index (χ1v) is 7.64. The molecule has 0 saturated carbocycles. The van der Waals surface area contributed by atoms with Crippen LogP contribution in [-0.4, -0.2) is 53.8 Å². The van der Waals surface area contributed by atoms with Gasteiger partial charge in [-0.2, -0.15) is 0 Å². The molecule has 0 unspecified atom stereocenters. The summed E-state index contributed by atoms with van der Waals surface area (Å²) in [5.74, 6) is -2.03. The van der Waals surface area contributed by atoms with E-state index in [0.717, 1.165) is 11.8 Å². The Kier molecular flexibility index (Phi) is 6.17. The molecule has 0 aromatic rings. The zero-order chi connectivity index (χ0) is 19.5. The van der Waals surface area contributed by atoms with Gasteiger partial charge in [-0.25, -0.2) is 9.59 Å². The number of carbonyl (C=O) groups is 4. The molecule has 1 aliphatic rings. The molecule has 2 atom stereocenters. The normalized spacial score (nSPS) is 19.5. The number of likely N-dealkylation sites (tertiary alicyclic amines) is 1. The molecule has 0 aromatic carbocycles. The number of carbonyl (C=O) groups excluding carboxylic acids is 4. The van der Waals surface area contributed by atoms with Crippen molar-refractivity contribution in [2.24, 2.45) is 0 Å². The van der Waals surface area contributed by atoms with Crippen LogP contribution in [0.15, 0.2) is 11.3 Å². The van der Waals surface area contributed by atoms with Gasteiger partial charge < -0.3 is 19.5 Å². The quantitative estimate of drug-likeness (QED) is 0.347. The molecule has 9 heteroatoms. The van der Waals surface area contributed by atoms with Crippen LogP contribution in [0.25, 0.3) is 0 Å². The van der Waals surface area contributed by atoms with Crippen molar-refractivity contribution in [3.8, 4) is 0 Å². The van der Waals surface area contributed by atoms with Crippen molar-refractivity contribution in [2.75, 3.05) is 7.11 Å². The molecule has 1 aliphatic heterocycles. The van der Waals surface area contributed by atoms with E-state index in [0.29, 0.717) is 5.57 Å². The van der Waals surface area contributed by atoms with Gasteiger partial charge in [0.2, 0.25) is 6.23 Å². The highest BCUT2D eigenvalue weighted by Gasteiger charge is 2.54. The molecule has 0 radical (unpaired) electrons. The Morgan fingerprint density at radius 1 is 1.12 bits per heavy atom. The van der Waals surface area contributed by atoms with Crippen molar-refractivity contribution >= 4 is 23.9 Å². The molecule has 25 heavy (non-hydrogen) atoms. The van der Waals surface area contributed by atoms with Crippen LogP contribution in [0.5, 0.6) is 0 Å². The van der Waals surface area contributed by atoms with Crippen LogP contribution in [0.2, 0.25) is 0 Å². The van der Waals surface area contributed by atoms with Crippen LogP contribution >= 0.6 is 0 Å². The average Bonchev–Trinajstić information content (AvgIpc) is 2.45. The average molecular weight is 356 g/mol. The highest BCUT2D eigenvalue weighted by molar-refractivity contribution is 6.01. The fourth-order valence-electron chi connectivity index (χ4n) is 2.20. The zero-order valence-corrected chi connectivity index (χ0v) is 15.5. The number of esters is 2. The predicted molar refractivity (Wildman–Crippen MR) is 85.9 cm³/mol. The Balaban J connectivity index is 3.05. The van der Waals surface area contributed by atoms with E-state index in [4.69, 9.17) is 9.47 Å². The van der Waals surface area contributed by atoms with E-state index in [1.54, 1.807) is 34.6 Å². The number of methoxy groups -OCH3 is 1. The van der Waals surface area contributed by atoms with E-state index >= 15 is 0 Å². The Morgan fingerprint density at radius 2 is 1.68 bits per heavy atom. The minimum atomic E-state index is -1.17. The molecule has 1 rings (SSSR count). The lowest BCUT2D eigenvalue weighted by Gasteiger charge is -2.45. The number of nitrogens with zero attached hydrogens (tertiary/aromatic N) is 1. The molecule has 2 amide bonds. The number of hydrogen-bond donors (Lipinski definition) is 1. The Labute approximate surface area is 146 Å². The summed E-state index contributed by atoms with van der Waals surface area (Å²) in [4.78, 5) is 48.6. The molecule has 0 aromatic heterocycles. The molecule has 0 bridgehead atoms. The van der Waals surface area contributed by atoms with Gasteiger partial charge in [0, 0.05) is 6.92 Å². The summed E-state index contributed by atoms with van der Waals surface area (Å²) in [5, 5.41) is 2.35. The molecule has 0 aliphatic carbocycles. The SMILES string of the molecule is COC(=O)C(=C(C)C)N1C(=O)[C@@H](NC(=O)OC(C)(C)C)[C@@H]1OC(C)=O. The topological polar surface area (TPSA) is 111 Å². The van der Waals surface area contributed by atoms with Crippen LogP contribution < -0.4 is 5.32 Å². The lowest BCUT2D eigenvalue weighted by Crippen LogP contribution is -2.72. The lowest BCUT2D eigenvalue weighted by atomic mass is 10.0. The first-order valence-electron chi connectivity index (χ1n) is 7.64. The molecule has 1 N–H and O–H groups in total. The smallest absolute Gasteiger partial charge is 0.408 e. The lowest BCUT2D eigenvalue weighted by molar-refractivity contribution is -0.187. The van der Waals surface area contributed by atoms with Crippen molar-refractivity contribution in [2.45, 2.75) is 59.4 Å². The van der Waals surface area contributed by atoms with Crippen LogP contribution in [-0.2, 0) is 28.6 Å². The maximum atomic E-state index is 12.4. The van der Waals surface area contributed by atoms with E-state index in [1.165, 1.54) is 7.11 Å². The number of ether oxygens (including phenoxy) is 3. The van der Waals surface area contributed by atoms with Crippen LogP contribution in [0.4, 0.5) is 4.79 Å². The van der Waals surface area contributed by atoms with Gasteiger partial charge in [-0.3, -0.25) is 14.5 Å². The molecule has 0 spiro atoms. The Hall–Kier alpha value is -2.58. The van der Waals surface area contributed by atoms with Crippen molar-refractivity contribution in [3.63, 3.8) is 0 Å². The minimum Gasteiger partial charge on any atom is -0.464 e. The fourth-order valence-corrected chi connectivity index (χ4v) is 2.20. The van der Waals surface area contributed by atoms with Crippen molar-refractivity contribution < 1.29 is 33.4 Å². The van der Waals surface area contributed by atoms with Gasteiger partial charge in [0.05, 0.1) is 7.11 Å². The summed E-state index contributed by atoms with van der Waals surface area (Å²) < 4.78 is 14.9. The standard InChI is InChI=1S/C16H24N2O7/c1-8(2)11(14(21)23-7)18-12(20)10(13(18)24-9(3)19)17-15(22)25-16(4,5)6/h10,13H,1-7H3,(H,17,22)/t10-,13+/m1/s1. The monoisotopic (exact) mass is 356 g/mol. The number of nitrogens with one attached hydrogen (secondary N) is 1. The predicted octanol–water partition coefficient (Wildman–Crippen LogP) is 1.08. The third-order valence-electron chi connectivity index (χ3n) is 3.10. The third-order valence-corrected chi connectivity index (χ3v) is 3.10. The van der Waals surface area contributed by atoms with E-state index in [1.807, 2.05) is 0 Å². The van der Waals surface area contributed by atoms with Crippen LogP contribution in [0, 0.1) is 0 Å². The Bertz CT molecular complexity index is 614. The molecular formula is C16H24N2O7. The summed E-state index contributed by atoms with van der Waals surface area (Å²) in [6, 6.07) is -1.15. The molecule has 1 heterocycles. The van der Waals surface area contributed by atoms with Crippen LogP contribution in [0.1, 0.15) is 41.5 Å². The molecule has 9 nitrogen and oxygen atoms in total. The third kappa shape index (κ3) is 4.94.